The number of nitrogens with one attached hydrogen (secondary N) is 2. The van der Waals surface area contributed by atoms with Crippen molar-refractivity contribution in [2.45, 2.75) is 25.8 Å². The summed E-state index contributed by atoms with van der Waals surface area (Å²) in [6, 6.07) is 12.6. The highest BCUT2D eigenvalue weighted by Crippen LogP contribution is 2.33. The van der Waals surface area contributed by atoms with Crippen LogP contribution in [-0.4, -0.2) is 55.0 Å². The normalized spacial score (nSPS) is 13.9. The lowest BCUT2D eigenvalue weighted by Crippen LogP contribution is -2.44. The molecular formula is C29H28FN9O2. The van der Waals surface area contributed by atoms with Crippen molar-refractivity contribution in [3.05, 3.63) is 72.8 Å². The van der Waals surface area contributed by atoms with Crippen molar-refractivity contribution in [3.63, 3.8) is 0 Å². The monoisotopic (exact) mass is 553 g/mol. The number of piperidine rings is 1. The number of ether oxygens (including phenoxy) is 1. The van der Waals surface area contributed by atoms with E-state index in [1.807, 2.05) is 25.2 Å². The molecule has 208 valence electrons. The lowest BCUT2D eigenvalue weighted by atomic mass is 10.0. The molecule has 1 saturated heterocycles. The maximum Gasteiger partial charge on any atom is 0.243 e. The molecule has 1 fully saturated rings. The molecule has 5 aromatic rings. The number of aromatic nitrogens is 6. The number of amides is 1. The number of carbonyl (C=O) groups is 1. The van der Waals surface area contributed by atoms with Crippen LogP contribution in [0.5, 0.6) is 11.5 Å². The highest BCUT2D eigenvalue weighted by molar-refractivity contribution is 5.88. The number of pyridine rings is 1. The van der Waals surface area contributed by atoms with E-state index in [2.05, 4.69) is 42.4 Å². The van der Waals surface area contributed by atoms with Crippen molar-refractivity contribution in [1.82, 2.24) is 35.3 Å². The molecule has 0 radical (unpaired) electrons. The lowest BCUT2D eigenvalue weighted by molar-refractivity contribution is -0.117. The smallest absolute Gasteiger partial charge is 0.243 e. The second-order valence-electron chi connectivity index (χ2n) is 9.87. The minimum Gasteiger partial charge on any atom is -0.457 e. The SMILES string of the molecule is C=CC(=O)NC1CCN(c2ccc3ncnc(Nc4ccc(Oc5ccc6c(c5)nnn6C)c(C)c4F)c3n2)CC1. The Balaban J connectivity index is 1.21. The minimum absolute atomic E-state index is 0.103. The maximum absolute atomic E-state index is 15.6. The summed E-state index contributed by atoms with van der Waals surface area (Å²) < 4.78 is 23.2. The standard InChI is InChI=1S/C29H28FN9O2/c1-4-26(40)33-18-11-13-39(14-12-18)25-10-7-21-28(35-25)29(32-16-31-21)34-20-6-9-24(17(2)27(20)30)41-19-5-8-23-22(15-19)36-37-38(23)3/h4-10,15-16,18H,1,11-14H2,2-3H3,(H,33,40)(H,31,32,34). The Hall–Kier alpha value is -5.13. The van der Waals surface area contributed by atoms with E-state index in [1.165, 1.54) is 12.4 Å². The lowest BCUT2D eigenvalue weighted by Gasteiger charge is -2.33. The molecule has 1 amide bonds. The van der Waals surface area contributed by atoms with E-state index in [0.29, 0.717) is 39.4 Å². The van der Waals surface area contributed by atoms with Gasteiger partial charge in [0.05, 0.1) is 16.7 Å². The van der Waals surface area contributed by atoms with Crippen LogP contribution >= 0.6 is 0 Å². The topological polar surface area (TPSA) is 123 Å². The van der Waals surface area contributed by atoms with Gasteiger partial charge >= 0.3 is 0 Å². The zero-order valence-electron chi connectivity index (χ0n) is 22.6. The molecule has 0 atom stereocenters. The van der Waals surface area contributed by atoms with Crippen LogP contribution in [0.3, 0.4) is 0 Å². The van der Waals surface area contributed by atoms with Gasteiger partial charge in [0.1, 0.15) is 34.7 Å². The van der Waals surface area contributed by atoms with Crippen molar-refractivity contribution >= 4 is 45.3 Å². The summed E-state index contributed by atoms with van der Waals surface area (Å²) in [5, 5.41) is 14.2. The van der Waals surface area contributed by atoms with Crippen LogP contribution in [0, 0.1) is 12.7 Å². The van der Waals surface area contributed by atoms with E-state index in [1.54, 1.807) is 35.9 Å². The molecule has 0 bridgehead atoms. The van der Waals surface area contributed by atoms with Gasteiger partial charge < -0.3 is 20.3 Å². The fourth-order valence-corrected chi connectivity index (χ4v) is 4.92. The molecule has 0 spiro atoms. The van der Waals surface area contributed by atoms with Crippen LogP contribution in [0.4, 0.5) is 21.7 Å². The highest BCUT2D eigenvalue weighted by atomic mass is 19.1. The van der Waals surface area contributed by atoms with E-state index in [4.69, 9.17) is 9.72 Å². The molecule has 41 heavy (non-hydrogen) atoms. The molecule has 6 rings (SSSR count). The van der Waals surface area contributed by atoms with Crippen LogP contribution in [0.15, 0.2) is 61.4 Å². The van der Waals surface area contributed by atoms with Crippen molar-refractivity contribution in [2.75, 3.05) is 23.3 Å². The number of hydrogen-bond acceptors (Lipinski definition) is 9. The summed E-state index contributed by atoms with van der Waals surface area (Å²) >= 11 is 0. The fraction of sp³-hybridized carbons (Fsp3) is 0.241. The Kier molecular flexibility index (Phi) is 6.88. The largest absolute Gasteiger partial charge is 0.457 e. The molecule has 11 nitrogen and oxygen atoms in total. The van der Waals surface area contributed by atoms with Crippen LogP contribution in [0.2, 0.25) is 0 Å². The Morgan fingerprint density at radius 1 is 1.12 bits per heavy atom. The number of hydrogen-bond donors (Lipinski definition) is 2. The van der Waals surface area contributed by atoms with Crippen molar-refractivity contribution in [3.8, 4) is 11.5 Å². The first-order chi connectivity index (χ1) is 19.9. The molecule has 1 aliphatic rings. The molecular weight excluding hydrogens is 525 g/mol. The Bertz CT molecular complexity index is 1780. The first-order valence-electron chi connectivity index (χ1n) is 13.2. The van der Waals surface area contributed by atoms with Crippen molar-refractivity contribution < 1.29 is 13.9 Å². The Morgan fingerprint density at radius 2 is 1.95 bits per heavy atom. The van der Waals surface area contributed by atoms with Crippen LogP contribution in [0.1, 0.15) is 18.4 Å². The average Bonchev–Trinajstić information content (AvgIpc) is 3.36. The van der Waals surface area contributed by atoms with E-state index in [9.17, 15) is 4.79 Å². The highest BCUT2D eigenvalue weighted by Gasteiger charge is 2.22. The zero-order valence-corrected chi connectivity index (χ0v) is 22.6. The van der Waals surface area contributed by atoms with E-state index in [-0.39, 0.29) is 17.6 Å². The van der Waals surface area contributed by atoms with Gasteiger partial charge in [-0.1, -0.05) is 11.8 Å². The van der Waals surface area contributed by atoms with E-state index >= 15 is 4.39 Å². The fourth-order valence-electron chi connectivity index (χ4n) is 4.92. The first kappa shape index (κ1) is 26.1. The number of halogens is 1. The maximum atomic E-state index is 15.6. The minimum atomic E-state index is -0.463. The van der Waals surface area contributed by atoms with Gasteiger partial charge in [0, 0.05) is 37.8 Å². The molecule has 3 aromatic heterocycles. The third-order valence-corrected chi connectivity index (χ3v) is 7.22. The molecule has 0 saturated carbocycles. The Labute approximate surface area is 235 Å². The zero-order chi connectivity index (χ0) is 28.5. The van der Waals surface area contributed by atoms with Gasteiger partial charge in [0.15, 0.2) is 11.6 Å². The number of nitrogens with zero attached hydrogens (tertiary/aromatic N) is 7. The van der Waals surface area contributed by atoms with Gasteiger partial charge in [0.2, 0.25) is 5.91 Å². The summed E-state index contributed by atoms with van der Waals surface area (Å²) in [6.45, 7) is 6.64. The summed E-state index contributed by atoms with van der Waals surface area (Å²) in [6.07, 6.45) is 4.30. The van der Waals surface area contributed by atoms with Crippen LogP contribution in [-0.2, 0) is 11.8 Å². The number of anilines is 3. The number of rotatable bonds is 7. The van der Waals surface area contributed by atoms with Gasteiger partial charge in [-0.2, -0.15) is 0 Å². The molecule has 0 unspecified atom stereocenters. The summed E-state index contributed by atoms with van der Waals surface area (Å²) in [7, 11) is 1.81. The van der Waals surface area contributed by atoms with Crippen LogP contribution < -0.4 is 20.3 Å². The van der Waals surface area contributed by atoms with Gasteiger partial charge in [-0.3, -0.25) is 4.79 Å². The average molecular weight is 554 g/mol. The third-order valence-electron chi connectivity index (χ3n) is 7.22. The molecule has 2 N–H and O–H groups in total. The molecule has 1 aliphatic heterocycles. The molecule has 12 heteroatoms. The summed E-state index contributed by atoms with van der Waals surface area (Å²) in [4.78, 5) is 27.3. The van der Waals surface area contributed by atoms with Gasteiger partial charge in [-0.05, 0) is 62.2 Å². The molecule has 4 heterocycles. The van der Waals surface area contributed by atoms with Gasteiger partial charge in [0.25, 0.3) is 0 Å². The second-order valence-corrected chi connectivity index (χ2v) is 9.87. The van der Waals surface area contributed by atoms with Gasteiger partial charge in [-0.15, -0.1) is 5.10 Å². The quantitative estimate of drug-likeness (QED) is 0.279. The molecule has 2 aromatic carbocycles. The van der Waals surface area contributed by atoms with Gasteiger partial charge in [-0.25, -0.2) is 24.0 Å². The Morgan fingerprint density at radius 3 is 2.76 bits per heavy atom. The summed E-state index contributed by atoms with van der Waals surface area (Å²) in [5.41, 5.74) is 3.30. The number of benzene rings is 2. The third kappa shape index (κ3) is 5.23. The summed E-state index contributed by atoms with van der Waals surface area (Å²) in [5.74, 6) is 1.46. The second kappa shape index (κ2) is 10.8. The van der Waals surface area contributed by atoms with Crippen LogP contribution in [0.25, 0.3) is 22.1 Å². The molecule has 0 aliphatic carbocycles. The predicted molar refractivity (Wildman–Crippen MR) is 154 cm³/mol. The van der Waals surface area contributed by atoms with Crippen molar-refractivity contribution in [1.29, 1.82) is 0 Å². The first-order valence-corrected chi connectivity index (χ1v) is 13.2. The predicted octanol–water partition coefficient (Wildman–Crippen LogP) is 4.56. The number of fused-ring (bicyclic) bond motifs is 2. The van der Waals surface area contributed by atoms with E-state index in [0.717, 1.165) is 37.3 Å². The number of aryl methyl sites for hydroxylation is 1. The van der Waals surface area contributed by atoms with E-state index < -0.39 is 5.82 Å². The number of carbonyl (C=O) groups excluding carboxylic acids is 1. The van der Waals surface area contributed by atoms with Crippen molar-refractivity contribution in [2.24, 2.45) is 7.05 Å².